The predicted octanol–water partition coefficient (Wildman–Crippen LogP) is 1.68. The van der Waals surface area contributed by atoms with E-state index in [1.165, 1.54) is 19.2 Å². The fourth-order valence-corrected chi connectivity index (χ4v) is 3.73. The van der Waals surface area contributed by atoms with E-state index >= 15 is 0 Å². The Morgan fingerprint density at radius 1 is 0.966 bits per heavy atom. The Labute approximate surface area is 170 Å². The third kappa shape index (κ3) is 6.88. The number of amides is 2. The van der Waals surface area contributed by atoms with Crippen LogP contribution in [0, 0.1) is 0 Å². The van der Waals surface area contributed by atoms with Gasteiger partial charge in [-0.25, -0.2) is 13.1 Å². The van der Waals surface area contributed by atoms with Gasteiger partial charge in [0.05, 0.1) is 12.0 Å². The maximum absolute atomic E-state index is 12.1. The number of hydrogen-bond acceptors (Lipinski definition) is 5. The summed E-state index contributed by atoms with van der Waals surface area (Å²) in [5.41, 5.74) is 1.32. The van der Waals surface area contributed by atoms with Gasteiger partial charge in [-0.05, 0) is 62.2 Å². The van der Waals surface area contributed by atoms with Gasteiger partial charge in [0.25, 0.3) is 0 Å². The van der Waals surface area contributed by atoms with E-state index in [4.69, 9.17) is 4.74 Å². The van der Waals surface area contributed by atoms with Crippen molar-refractivity contribution in [2.24, 2.45) is 0 Å². The molecule has 0 atom stereocenters. The van der Waals surface area contributed by atoms with Crippen molar-refractivity contribution in [2.45, 2.75) is 31.2 Å². The number of hydrogen-bond donors (Lipinski definition) is 3. The first-order chi connectivity index (χ1) is 13.7. The second-order valence-electron chi connectivity index (χ2n) is 6.61. The Balaban J connectivity index is 1.82. The van der Waals surface area contributed by atoms with Crippen LogP contribution in [0.4, 0.5) is 5.69 Å². The van der Waals surface area contributed by atoms with Crippen LogP contribution in [0.25, 0.3) is 0 Å². The van der Waals surface area contributed by atoms with Gasteiger partial charge in [-0.3, -0.25) is 9.59 Å². The molecule has 0 fully saturated rings. The summed E-state index contributed by atoms with van der Waals surface area (Å²) < 4.78 is 31.7. The van der Waals surface area contributed by atoms with E-state index in [2.05, 4.69) is 15.4 Å². The van der Waals surface area contributed by atoms with Crippen LogP contribution in [0.15, 0.2) is 53.4 Å². The lowest BCUT2D eigenvalue weighted by Gasteiger charge is -2.10. The number of ether oxygens (including phenoxy) is 1. The van der Waals surface area contributed by atoms with E-state index in [0.717, 1.165) is 5.56 Å². The first-order valence-corrected chi connectivity index (χ1v) is 10.5. The SMILES string of the molecule is COc1ccc(NC(=O)C(=O)NCCc2ccc(S(=O)(=O)NC(C)C)cc2)cc1. The number of rotatable bonds is 8. The zero-order chi connectivity index (χ0) is 21.4. The highest BCUT2D eigenvalue weighted by atomic mass is 32.2. The van der Waals surface area contributed by atoms with E-state index in [0.29, 0.717) is 17.9 Å². The minimum absolute atomic E-state index is 0.179. The largest absolute Gasteiger partial charge is 0.497 e. The van der Waals surface area contributed by atoms with Crippen LogP contribution in [-0.4, -0.2) is 39.9 Å². The molecule has 0 bridgehead atoms. The molecule has 8 nitrogen and oxygen atoms in total. The van der Waals surface area contributed by atoms with Crippen LogP contribution in [0.1, 0.15) is 19.4 Å². The molecule has 0 aliphatic carbocycles. The Morgan fingerprint density at radius 3 is 2.14 bits per heavy atom. The molecule has 0 spiro atoms. The molecule has 2 aromatic carbocycles. The van der Waals surface area contributed by atoms with E-state index in [-0.39, 0.29) is 17.5 Å². The zero-order valence-corrected chi connectivity index (χ0v) is 17.4. The van der Waals surface area contributed by atoms with Gasteiger partial charge in [-0.15, -0.1) is 0 Å². The van der Waals surface area contributed by atoms with Gasteiger partial charge in [0, 0.05) is 18.3 Å². The van der Waals surface area contributed by atoms with Gasteiger partial charge in [0.2, 0.25) is 10.0 Å². The molecule has 2 rings (SSSR count). The topological polar surface area (TPSA) is 114 Å². The highest BCUT2D eigenvalue weighted by Gasteiger charge is 2.15. The molecule has 3 N–H and O–H groups in total. The lowest BCUT2D eigenvalue weighted by Crippen LogP contribution is -2.36. The summed E-state index contributed by atoms with van der Waals surface area (Å²) in [7, 11) is -2.00. The normalized spacial score (nSPS) is 11.2. The number of nitrogens with one attached hydrogen (secondary N) is 3. The van der Waals surface area contributed by atoms with Crippen molar-refractivity contribution in [2.75, 3.05) is 19.0 Å². The molecule has 0 aliphatic rings. The lowest BCUT2D eigenvalue weighted by atomic mass is 10.1. The molecule has 156 valence electrons. The Kier molecular flexibility index (Phi) is 7.74. The highest BCUT2D eigenvalue weighted by molar-refractivity contribution is 7.89. The van der Waals surface area contributed by atoms with Crippen molar-refractivity contribution in [1.82, 2.24) is 10.0 Å². The average molecular weight is 420 g/mol. The standard InChI is InChI=1S/C20H25N3O5S/c1-14(2)23-29(26,27)18-10-4-15(5-11-18)12-13-21-19(24)20(25)22-16-6-8-17(28-3)9-7-16/h4-11,14,23H,12-13H2,1-3H3,(H,21,24)(H,22,25). The summed E-state index contributed by atoms with van der Waals surface area (Å²) in [6.45, 7) is 3.74. The molecule has 2 aromatic rings. The molecule has 0 heterocycles. The minimum atomic E-state index is -3.54. The first-order valence-electron chi connectivity index (χ1n) is 9.06. The van der Waals surface area contributed by atoms with Gasteiger partial charge in [-0.2, -0.15) is 0 Å². The van der Waals surface area contributed by atoms with Crippen molar-refractivity contribution in [3.63, 3.8) is 0 Å². The molecule has 2 amide bonds. The minimum Gasteiger partial charge on any atom is -0.497 e. The van der Waals surface area contributed by atoms with E-state index < -0.39 is 21.8 Å². The number of sulfonamides is 1. The maximum Gasteiger partial charge on any atom is 0.313 e. The summed E-state index contributed by atoms with van der Waals surface area (Å²) in [5.74, 6) is -0.872. The van der Waals surface area contributed by atoms with Gasteiger partial charge < -0.3 is 15.4 Å². The van der Waals surface area contributed by atoms with E-state index in [1.807, 2.05) is 0 Å². The Hall–Kier alpha value is -2.91. The third-order valence-corrected chi connectivity index (χ3v) is 5.55. The number of benzene rings is 2. The van der Waals surface area contributed by atoms with Gasteiger partial charge in [-0.1, -0.05) is 12.1 Å². The summed E-state index contributed by atoms with van der Waals surface area (Å²) in [6.07, 6.45) is 0.458. The summed E-state index contributed by atoms with van der Waals surface area (Å²) in [5, 5.41) is 5.04. The van der Waals surface area contributed by atoms with Crippen LogP contribution >= 0.6 is 0 Å². The van der Waals surface area contributed by atoms with Crippen LogP contribution in [0.5, 0.6) is 5.75 Å². The number of carbonyl (C=O) groups excluding carboxylic acids is 2. The maximum atomic E-state index is 12.1. The quantitative estimate of drug-likeness (QED) is 0.564. The molecule has 0 radical (unpaired) electrons. The third-order valence-electron chi connectivity index (χ3n) is 3.88. The fraction of sp³-hybridized carbons (Fsp3) is 0.300. The average Bonchev–Trinajstić information content (AvgIpc) is 2.68. The second-order valence-corrected chi connectivity index (χ2v) is 8.32. The van der Waals surface area contributed by atoms with Crippen LogP contribution < -0.4 is 20.1 Å². The van der Waals surface area contributed by atoms with Gasteiger partial charge in [0.15, 0.2) is 0 Å². The first kappa shape index (κ1) is 22.4. The number of carbonyl (C=O) groups is 2. The van der Waals surface area contributed by atoms with Crippen molar-refractivity contribution in [3.05, 3.63) is 54.1 Å². The van der Waals surface area contributed by atoms with Crippen molar-refractivity contribution >= 4 is 27.5 Å². The molecule has 0 unspecified atom stereocenters. The molecular weight excluding hydrogens is 394 g/mol. The summed E-state index contributed by atoms with van der Waals surface area (Å²) in [4.78, 5) is 24.0. The molecule has 0 saturated carbocycles. The predicted molar refractivity (Wildman–Crippen MR) is 110 cm³/mol. The van der Waals surface area contributed by atoms with Crippen molar-refractivity contribution in [1.29, 1.82) is 0 Å². The highest BCUT2D eigenvalue weighted by Crippen LogP contribution is 2.15. The molecule has 29 heavy (non-hydrogen) atoms. The smallest absolute Gasteiger partial charge is 0.313 e. The molecule has 0 aromatic heterocycles. The number of anilines is 1. The Bertz CT molecular complexity index is 939. The summed E-state index contributed by atoms with van der Waals surface area (Å²) in [6, 6.07) is 12.8. The number of methoxy groups -OCH3 is 1. The van der Waals surface area contributed by atoms with E-state index in [1.54, 1.807) is 50.2 Å². The second kappa shape index (κ2) is 10.0. The zero-order valence-electron chi connectivity index (χ0n) is 16.6. The fourth-order valence-electron chi connectivity index (χ4n) is 2.48. The summed E-state index contributed by atoms with van der Waals surface area (Å²) >= 11 is 0. The van der Waals surface area contributed by atoms with Crippen molar-refractivity contribution < 1.29 is 22.7 Å². The van der Waals surface area contributed by atoms with Gasteiger partial charge >= 0.3 is 11.8 Å². The molecule has 0 saturated heterocycles. The van der Waals surface area contributed by atoms with Gasteiger partial charge in [0.1, 0.15) is 5.75 Å². The monoisotopic (exact) mass is 419 g/mol. The molecular formula is C20H25N3O5S. The van der Waals surface area contributed by atoms with Crippen LogP contribution in [-0.2, 0) is 26.0 Å². The Morgan fingerprint density at radius 2 is 1.59 bits per heavy atom. The van der Waals surface area contributed by atoms with Crippen LogP contribution in [0.3, 0.4) is 0 Å². The van der Waals surface area contributed by atoms with E-state index in [9.17, 15) is 18.0 Å². The van der Waals surface area contributed by atoms with Crippen LogP contribution in [0.2, 0.25) is 0 Å². The van der Waals surface area contributed by atoms with Crippen molar-refractivity contribution in [3.8, 4) is 5.75 Å². The molecule has 0 aliphatic heterocycles. The lowest BCUT2D eigenvalue weighted by molar-refractivity contribution is -0.136. The molecule has 9 heteroatoms.